The zero-order valence-corrected chi connectivity index (χ0v) is 15.1. The highest BCUT2D eigenvalue weighted by Crippen LogP contribution is 2.62. The highest BCUT2D eigenvalue weighted by Gasteiger charge is 2.64. The first-order chi connectivity index (χ1) is 12.0. The van der Waals surface area contributed by atoms with Crippen molar-refractivity contribution in [1.29, 1.82) is 0 Å². The fraction of sp³-hybridized carbons (Fsp3) is 0.895. The van der Waals surface area contributed by atoms with E-state index in [-0.39, 0.29) is 36.1 Å². The van der Waals surface area contributed by atoms with Crippen LogP contribution in [-0.4, -0.2) is 52.5 Å². The zero-order valence-electron chi connectivity index (χ0n) is 15.1. The standard InChI is InChI=1S/C19H32O6/c1-2-3-4-8-14(20)19(24)18-13-10-15(21)12(17(13)18)7-5-6-9-25-11-16(22)23/h12-14,17-20,24H,2-11H2,1H3,(H,22,23). The van der Waals surface area contributed by atoms with Gasteiger partial charge in [0.15, 0.2) is 0 Å². The van der Waals surface area contributed by atoms with Gasteiger partial charge in [-0.3, -0.25) is 4.79 Å². The minimum Gasteiger partial charge on any atom is -0.480 e. The van der Waals surface area contributed by atoms with Crippen LogP contribution < -0.4 is 0 Å². The number of ketones is 1. The van der Waals surface area contributed by atoms with E-state index in [1.165, 1.54) is 0 Å². The monoisotopic (exact) mass is 356 g/mol. The predicted octanol–water partition coefficient (Wildman–Crippen LogP) is 2.01. The molecule has 6 atom stereocenters. The molecule has 2 aliphatic rings. The van der Waals surface area contributed by atoms with Gasteiger partial charge in [-0.15, -0.1) is 0 Å². The van der Waals surface area contributed by atoms with E-state index >= 15 is 0 Å². The molecule has 2 saturated carbocycles. The van der Waals surface area contributed by atoms with E-state index in [9.17, 15) is 19.8 Å². The summed E-state index contributed by atoms with van der Waals surface area (Å²) in [7, 11) is 0. The smallest absolute Gasteiger partial charge is 0.329 e. The summed E-state index contributed by atoms with van der Waals surface area (Å²) in [5, 5.41) is 29.1. The lowest BCUT2D eigenvalue weighted by Gasteiger charge is -2.21. The Labute approximate surface area is 149 Å². The average Bonchev–Trinajstić information content (AvgIpc) is 3.16. The molecular formula is C19H32O6. The lowest BCUT2D eigenvalue weighted by atomic mass is 9.89. The molecule has 6 unspecified atom stereocenters. The number of aliphatic carboxylic acids is 1. The summed E-state index contributed by atoms with van der Waals surface area (Å²) in [6.07, 6.45) is 5.18. The maximum atomic E-state index is 12.1. The third kappa shape index (κ3) is 5.50. The minimum atomic E-state index is -0.971. The summed E-state index contributed by atoms with van der Waals surface area (Å²) in [5.74, 6) is -0.152. The summed E-state index contributed by atoms with van der Waals surface area (Å²) < 4.78 is 5.00. The highest BCUT2D eigenvalue weighted by molar-refractivity contribution is 5.85. The number of carboxylic acid groups (broad SMARTS) is 1. The third-order valence-electron chi connectivity index (χ3n) is 5.78. The number of carbonyl (C=O) groups is 2. The maximum absolute atomic E-state index is 12.1. The molecule has 0 aromatic heterocycles. The van der Waals surface area contributed by atoms with Gasteiger partial charge in [0.25, 0.3) is 0 Å². The van der Waals surface area contributed by atoms with Crippen LogP contribution in [0.25, 0.3) is 0 Å². The van der Waals surface area contributed by atoms with E-state index < -0.39 is 18.2 Å². The Hall–Kier alpha value is -0.980. The summed E-state index contributed by atoms with van der Waals surface area (Å²) >= 11 is 0. The van der Waals surface area contributed by atoms with Crippen molar-refractivity contribution < 1.29 is 29.6 Å². The number of aliphatic hydroxyl groups is 2. The van der Waals surface area contributed by atoms with Gasteiger partial charge in [0.2, 0.25) is 0 Å². The highest BCUT2D eigenvalue weighted by atomic mass is 16.5. The van der Waals surface area contributed by atoms with Gasteiger partial charge in [-0.25, -0.2) is 4.79 Å². The summed E-state index contributed by atoms with van der Waals surface area (Å²) in [4.78, 5) is 22.5. The quantitative estimate of drug-likeness (QED) is 0.436. The molecule has 0 saturated heterocycles. The Balaban J connectivity index is 1.69. The summed E-state index contributed by atoms with van der Waals surface area (Å²) in [6, 6.07) is 0. The van der Waals surface area contributed by atoms with Gasteiger partial charge < -0.3 is 20.1 Å². The number of rotatable bonds is 13. The number of fused-ring (bicyclic) bond motifs is 1. The van der Waals surface area contributed by atoms with Crippen molar-refractivity contribution >= 4 is 11.8 Å². The largest absolute Gasteiger partial charge is 0.480 e. The third-order valence-corrected chi connectivity index (χ3v) is 5.78. The number of aliphatic hydroxyl groups excluding tert-OH is 2. The van der Waals surface area contributed by atoms with Crippen molar-refractivity contribution in [3.63, 3.8) is 0 Å². The molecule has 3 N–H and O–H groups in total. The Bertz CT molecular complexity index is 451. The molecule has 0 amide bonds. The molecular weight excluding hydrogens is 324 g/mol. The zero-order chi connectivity index (χ0) is 18.4. The molecule has 0 heterocycles. The van der Waals surface area contributed by atoms with E-state index in [2.05, 4.69) is 6.92 Å². The molecule has 25 heavy (non-hydrogen) atoms. The predicted molar refractivity (Wildman–Crippen MR) is 92.0 cm³/mol. The van der Waals surface area contributed by atoms with Crippen LogP contribution in [0.15, 0.2) is 0 Å². The number of hydrogen-bond donors (Lipinski definition) is 3. The Morgan fingerprint density at radius 1 is 1.24 bits per heavy atom. The summed E-state index contributed by atoms with van der Waals surface area (Å²) in [6.45, 7) is 2.22. The van der Waals surface area contributed by atoms with Crippen LogP contribution in [0.2, 0.25) is 0 Å². The van der Waals surface area contributed by atoms with Crippen LogP contribution in [-0.2, 0) is 14.3 Å². The fourth-order valence-electron chi connectivity index (χ4n) is 4.46. The molecule has 0 radical (unpaired) electrons. The van der Waals surface area contributed by atoms with Gasteiger partial charge in [-0.05, 0) is 37.0 Å². The van der Waals surface area contributed by atoms with Crippen molar-refractivity contribution in [2.45, 2.75) is 70.5 Å². The molecule has 2 rings (SSSR count). The second kappa shape index (κ2) is 9.64. The van der Waals surface area contributed by atoms with Gasteiger partial charge in [-0.1, -0.05) is 32.6 Å². The first kappa shape index (κ1) is 20.3. The van der Waals surface area contributed by atoms with E-state index in [4.69, 9.17) is 9.84 Å². The van der Waals surface area contributed by atoms with Crippen LogP contribution >= 0.6 is 0 Å². The Morgan fingerprint density at radius 2 is 2.00 bits per heavy atom. The lowest BCUT2D eigenvalue weighted by Crippen LogP contribution is -2.31. The molecule has 6 nitrogen and oxygen atoms in total. The molecule has 2 aliphatic carbocycles. The molecule has 0 aromatic rings. The second-order valence-corrected chi connectivity index (χ2v) is 7.59. The van der Waals surface area contributed by atoms with Crippen LogP contribution in [0.3, 0.4) is 0 Å². The van der Waals surface area contributed by atoms with Crippen molar-refractivity contribution in [3.05, 3.63) is 0 Å². The van der Waals surface area contributed by atoms with Crippen molar-refractivity contribution in [1.82, 2.24) is 0 Å². The second-order valence-electron chi connectivity index (χ2n) is 7.59. The topological polar surface area (TPSA) is 104 Å². The number of hydrogen-bond acceptors (Lipinski definition) is 5. The van der Waals surface area contributed by atoms with Crippen LogP contribution in [0.1, 0.15) is 58.3 Å². The molecule has 0 aromatic carbocycles. The van der Waals surface area contributed by atoms with E-state index in [0.717, 1.165) is 38.5 Å². The summed E-state index contributed by atoms with van der Waals surface area (Å²) in [5.41, 5.74) is 0. The van der Waals surface area contributed by atoms with Crippen LogP contribution in [0, 0.1) is 23.7 Å². The first-order valence-electron chi connectivity index (χ1n) is 9.65. The molecule has 0 spiro atoms. The van der Waals surface area contributed by atoms with Gasteiger partial charge in [0, 0.05) is 18.9 Å². The van der Waals surface area contributed by atoms with Crippen LogP contribution in [0.4, 0.5) is 0 Å². The normalized spacial score (nSPS) is 30.1. The Morgan fingerprint density at radius 3 is 2.68 bits per heavy atom. The van der Waals surface area contributed by atoms with Gasteiger partial charge >= 0.3 is 5.97 Å². The number of carbonyl (C=O) groups excluding carboxylic acids is 1. The molecule has 0 aliphatic heterocycles. The van der Waals surface area contributed by atoms with Gasteiger partial charge in [-0.2, -0.15) is 0 Å². The van der Waals surface area contributed by atoms with Gasteiger partial charge in [0.1, 0.15) is 12.4 Å². The first-order valence-corrected chi connectivity index (χ1v) is 9.65. The number of unbranched alkanes of at least 4 members (excludes halogenated alkanes) is 3. The van der Waals surface area contributed by atoms with E-state index in [0.29, 0.717) is 19.4 Å². The lowest BCUT2D eigenvalue weighted by molar-refractivity contribution is -0.142. The molecule has 0 bridgehead atoms. The SMILES string of the molecule is CCCCCC(O)C(O)C1C2CC(=O)C(CCCCOCC(=O)O)C21. The maximum Gasteiger partial charge on any atom is 0.329 e. The Kier molecular flexibility index (Phi) is 7.84. The molecule has 6 heteroatoms. The number of carboxylic acids is 1. The fourth-order valence-corrected chi connectivity index (χ4v) is 4.46. The van der Waals surface area contributed by atoms with Crippen LogP contribution in [0.5, 0.6) is 0 Å². The number of Topliss-reactive ketones (excluding diaryl/α,β-unsaturated/α-hetero) is 1. The van der Waals surface area contributed by atoms with E-state index in [1.807, 2.05) is 0 Å². The minimum absolute atomic E-state index is 0.00744. The number of ether oxygens (including phenoxy) is 1. The van der Waals surface area contributed by atoms with E-state index in [1.54, 1.807) is 0 Å². The van der Waals surface area contributed by atoms with Gasteiger partial charge in [0.05, 0.1) is 12.2 Å². The van der Waals surface area contributed by atoms with Crippen molar-refractivity contribution in [2.24, 2.45) is 23.7 Å². The average molecular weight is 356 g/mol. The van der Waals surface area contributed by atoms with Crippen molar-refractivity contribution in [2.75, 3.05) is 13.2 Å². The molecule has 2 fully saturated rings. The van der Waals surface area contributed by atoms with Crippen molar-refractivity contribution in [3.8, 4) is 0 Å². The molecule has 144 valence electrons.